The Morgan fingerprint density at radius 1 is 1.24 bits per heavy atom. The maximum atomic E-state index is 12.9. The summed E-state index contributed by atoms with van der Waals surface area (Å²) in [4.78, 5) is 26.6. The Labute approximate surface area is 146 Å². The van der Waals surface area contributed by atoms with Crippen LogP contribution in [0.15, 0.2) is 41.1 Å². The molecule has 0 bridgehead atoms. The lowest BCUT2D eigenvalue weighted by Gasteiger charge is -2.23. The molecule has 2 aromatic rings. The van der Waals surface area contributed by atoms with E-state index in [2.05, 4.69) is 21.9 Å². The fourth-order valence-electron chi connectivity index (χ4n) is 2.43. The van der Waals surface area contributed by atoms with Gasteiger partial charge in [-0.05, 0) is 18.6 Å². The van der Waals surface area contributed by atoms with Crippen LogP contribution in [0.3, 0.4) is 0 Å². The Morgan fingerprint density at radius 3 is 2.72 bits per heavy atom. The van der Waals surface area contributed by atoms with Gasteiger partial charge in [0.1, 0.15) is 18.6 Å². The maximum Gasteiger partial charge on any atom is 0.258 e. The van der Waals surface area contributed by atoms with E-state index in [9.17, 15) is 9.59 Å². The molecule has 1 aromatic carbocycles. The molecule has 0 radical (unpaired) electrons. The van der Waals surface area contributed by atoms with Crippen molar-refractivity contribution in [2.75, 3.05) is 25.5 Å². The van der Waals surface area contributed by atoms with Crippen LogP contribution in [-0.2, 0) is 4.79 Å². The Balaban J connectivity index is 2.10. The van der Waals surface area contributed by atoms with Gasteiger partial charge in [0.05, 0.1) is 12.7 Å². The summed E-state index contributed by atoms with van der Waals surface area (Å²) in [5.41, 5.74) is 0.440. The molecule has 0 aliphatic carbocycles. The van der Waals surface area contributed by atoms with Crippen molar-refractivity contribution in [2.24, 2.45) is 0 Å². The predicted molar refractivity (Wildman–Crippen MR) is 93.6 cm³/mol. The lowest BCUT2D eigenvalue weighted by molar-refractivity contribution is -0.117. The van der Waals surface area contributed by atoms with Crippen LogP contribution < -0.4 is 10.1 Å². The highest BCUT2D eigenvalue weighted by Gasteiger charge is 2.21. The molecule has 0 unspecified atom stereocenters. The Morgan fingerprint density at radius 2 is 2.04 bits per heavy atom. The third kappa shape index (κ3) is 5.34. The average Bonchev–Trinajstić information content (AvgIpc) is 3.13. The molecular formula is C18H23N3O4. The fraction of sp³-hybridized carbons (Fsp3) is 0.389. The number of carbonyl (C=O) groups is 2. The second kappa shape index (κ2) is 9.46. The summed E-state index contributed by atoms with van der Waals surface area (Å²) in [6.45, 7) is 2.52. The molecule has 2 rings (SSSR count). The molecule has 0 atom stereocenters. The largest absolute Gasteiger partial charge is 0.496 e. The van der Waals surface area contributed by atoms with Gasteiger partial charge in [-0.15, -0.1) is 0 Å². The summed E-state index contributed by atoms with van der Waals surface area (Å²) in [6.07, 6.45) is 4.21. The summed E-state index contributed by atoms with van der Waals surface area (Å²) in [5.74, 6) is 0.255. The summed E-state index contributed by atoms with van der Waals surface area (Å²) in [6, 6.07) is 8.54. The second-order valence-electron chi connectivity index (χ2n) is 5.57. The number of para-hydroxylation sites is 1. The number of anilines is 1. The molecule has 1 heterocycles. The number of benzene rings is 1. The number of nitrogens with zero attached hydrogens (tertiary/aromatic N) is 2. The van der Waals surface area contributed by atoms with Gasteiger partial charge in [0.25, 0.3) is 5.91 Å². The highest BCUT2D eigenvalue weighted by Crippen LogP contribution is 2.19. The smallest absolute Gasteiger partial charge is 0.258 e. The third-order valence-corrected chi connectivity index (χ3v) is 3.70. The quantitative estimate of drug-likeness (QED) is 0.706. The van der Waals surface area contributed by atoms with Crippen molar-refractivity contribution in [1.29, 1.82) is 0 Å². The number of hydrogen-bond donors (Lipinski definition) is 1. The highest BCUT2D eigenvalue weighted by molar-refractivity contribution is 6.00. The summed E-state index contributed by atoms with van der Waals surface area (Å²) in [7, 11) is 1.52. The van der Waals surface area contributed by atoms with Gasteiger partial charge < -0.3 is 19.5 Å². The molecule has 1 aromatic heterocycles. The first kappa shape index (κ1) is 18.5. The highest BCUT2D eigenvalue weighted by atomic mass is 16.5. The number of amides is 2. The van der Waals surface area contributed by atoms with Gasteiger partial charge in [-0.1, -0.05) is 37.1 Å². The zero-order chi connectivity index (χ0) is 18.1. The van der Waals surface area contributed by atoms with Gasteiger partial charge >= 0.3 is 0 Å². The van der Waals surface area contributed by atoms with E-state index in [1.54, 1.807) is 30.3 Å². The number of nitrogens with one attached hydrogen (secondary N) is 1. The van der Waals surface area contributed by atoms with E-state index in [1.165, 1.54) is 18.3 Å². The SMILES string of the molecule is CCCCCN(CC(=O)Nc1ccon1)C(=O)c1ccccc1OC. The van der Waals surface area contributed by atoms with E-state index < -0.39 is 0 Å². The monoisotopic (exact) mass is 345 g/mol. The van der Waals surface area contributed by atoms with Crippen molar-refractivity contribution in [1.82, 2.24) is 10.1 Å². The number of methoxy groups -OCH3 is 1. The lowest BCUT2D eigenvalue weighted by atomic mass is 10.1. The second-order valence-corrected chi connectivity index (χ2v) is 5.57. The number of unbranched alkanes of at least 4 members (excludes halogenated alkanes) is 2. The normalized spacial score (nSPS) is 10.3. The molecule has 0 saturated heterocycles. The number of carbonyl (C=O) groups excluding carboxylic acids is 2. The van der Waals surface area contributed by atoms with E-state index in [-0.39, 0.29) is 18.4 Å². The molecule has 0 aliphatic heterocycles. The molecule has 25 heavy (non-hydrogen) atoms. The van der Waals surface area contributed by atoms with Crippen LogP contribution in [0.2, 0.25) is 0 Å². The zero-order valence-electron chi connectivity index (χ0n) is 14.5. The Kier molecular flexibility index (Phi) is 7.00. The topological polar surface area (TPSA) is 84.7 Å². The third-order valence-electron chi connectivity index (χ3n) is 3.70. The number of ether oxygens (including phenoxy) is 1. The molecule has 134 valence electrons. The van der Waals surface area contributed by atoms with Crippen LogP contribution >= 0.6 is 0 Å². The molecule has 7 heteroatoms. The minimum absolute atomic E-state index is 0.0620. The zero-order valence-corrected chi connectivity index (χ0v) is 14.5. The first-order chi connectivity index (χ1) is 12.2. The van der Waals surface area contributed by atoms with E-state index >= 15 is 0 Å². The first-order valence-electron chi connectivity index (χ1n) is 8.28. The Hall–Kier alpha value is -2.83. The van der Waals surface area contributed by atoms with Crippen LogP contribution in [0.25, 0.3) is 0 Å². The predicted octanol–water partition coefficient (Wildman–Crippen LogP) is 2.95. The van der Waals surface area contributed by atoms with Crippen molar-refractivity contribution >= 4 is 17.6 Å². The lowest BCUT2D eigenvalue weighted by Crippen LogP contribution is -2.39. The van der Waals surface area contributed by atoms with E-state index in [0.717, 1.165) is 19.3 Å². The minimum atomic E-state index is -0.325. The summed E-state index contributed by atoms with van der Waals surface area (Å²) < 4.78 is 9.95. The van der Waals surface area contributed by atoms with Gasteiger partial charge in [-0.2, -0.15) is 0 Å². The van der Waals surface area contributed by atoms with Crippen molar-refractivity contribution in [3.63, 3.8) is 0 Å². The molecule has 0 aliphatic rings. The van der Waals surface area contributed by atoms with Crippen molar-refractivity contribution in [3.8, 4) is 5.75 Å². The molecule has 7 nitrogen and oxygen atoms in total. The van der Waals surface area contributed by atoms with E-state index in [1.807, 2.05) is 0 Å². The molecular weight excluding hydrogens is 322 g/mol. The van der Waals surface area contributed by atoms with Gasteiger partial charge in [-0.3, -0.25) is 9.59 Å². The fourth-order valence-corrected chi connectivity index (χ4v) is 2.43. The number of rotatable bonds is 9. The van der Waals surface area contributed by atoms with E-state index in [4.69, 9.17) is 4.74 Å². The molecule has 2 amide bonds. The van der Waals surface area contributed by atoms with Crippen LogP contribution in [0, 0.1) is 0 Å². The first-order valence-corrected chi connectivity index (χ1v) is 8.28. The van der Waals surface area contributed by atoms with Crippen LogP contribution in [0.5, 0.6) is 5.75 Å². The summed E-state index contributed by atoms with van der Waals surface area (Å²) in [5, 5.41) is 6.25. The van der Waals surface area contributed by atoms with Crippen molar-refractivity contribution in [3.05, 3.63) is 42.2 Å². The Bertz CT molecular complexity index is 685. The van der Waals surface area contributed by atoms with Gasteiger partial charge in [0.15, 0.2) is 5.82 Å². The van der Waals surface area contributed by atoms with Crippen LogP contribution in [-0.4, -0.2) is 42.1 Å². The standard InChI is InChI=1S/C18H23N3O4/c1-3-4-7-11-21(13-17(22)19-16-10-12-25-20-16)18(23)14-8-5-6-9-15(14)24-2/h5-6,8-10,12H,3-4,7,11,13H2,1-2H3,(H,19,20,22). The van der Waals surface area contributed by atoms with Crippen molar-refractivity contribution in [2.45, 2.75) is 26.2 Å². The molecule has 1 N–H and O–H groups in total. The number of hydrogen-bond acceptors (Lipinski definition) is 5. The summed E-state index contributed by atoms with van der Waals surface area (Å²) >= 11 is 0. The van der Waals surface area contributed by atoms with Gasteiger partial charge in [-0.25, -0.2) is 0 Å². The molecule has 0 saturated carbocycles. The average molecular weight is 345 g/mol. The van der Waals surface area contributed by atoms with Crippen LogP contribution in [0.4, 0.5) is 5.82 Å². The van der Waals surface area contributed by atoms with Gasteiger partial charge in [0, 0.05) is 12.6 Å². The van der Waals surface area contributed by atoms with Crippen LogP contribution in [0.1, 0.15) is 36.5 Å². The van der Waals surface area contributed by atoms with Crippen molar-refractivity contribution < 1.29 is 18.8 Å². The number of aromatic nitrogens is 1. The van der Waals surface area contributed by atoms with E-state index in [0.29, 0.717) is 23.7 Å². The van der Waals surface area contributed by atoms with Gasteiger partial charge in [0.2, 0.25) is 5.91 Å². The maximum absolute atomic E-state index is 12.9. The molecule has 0 fully saturated rings. The minimum Gasteiger partial charge on any atom is -0.496 e. The molecule has 0 spiro atoms.